The summed E-state index contributed by atoms with van der Waals surface area (Å²) in [4.78, 5) is 0. The van der Waals surface area contributed by atoms with Crippen molar-refractivity contribution in [3.05, 3.63) is 142 Å². The van der Waals surface area contributed by atoms with Crippen molar-refractivity contribution in [2.24, 2.45) is 0 Å². The predicted octanol–water partition coefficient (Wildman–Crippen LogP) is 3.61. The quantitative estimate of drug-likeness (QED) is 0.258. The van der Waals surface area contributed by atoms with E-state index in [1.54, 1.807) is 11.1 Å². The molecule has 1 aliphatic rings. The molecule has 0 saturated carbocycles. The van der Waals surface area contributed by atoms with Crippen LogP contribution in [0.25, 0.3) is 27.1 Å². The third-order valence-electron chi connectivity index (χ3n) is 7.73. The Morgan fingerprint density at radius 2 is 1.40 bits per heavy atom. The molecule has 5 aromatic rings. The van der Waals surface area contributed by atoms with Crippen molar-refractivity contribution in [1.82, 2.24) is 0 Å². The molecule has 0 nitrogen and oxygen atoms in total. The average molecular weight is 642 g/mol. The van der Waals surface area contributed by atoms with Gasteiger partial charge in [0.1, 0.15) is 0 Å². The molecule has 0 radical (unpaired) electrons. The van der Waals surface area contributed by atoms with Crippen molar-refractivity contribution in [3.8, 4) is 0 Å². The summed E-state index contributed by atoms with van der Waals surface area (Å²) >= 11 is 1.46. The first-order chi connectivity index (χ1) is 18.5. The van der Waals surface area contributed by atoms with Gasteiger partial charge in [0, 0.05) is 0 Å². The van der Waals surface area contributed by atoms with Crippen LogP contribution in [0.5, 0.6) is 0 Å². The number of rotatable bonds is 5. The molecule has 0 N–H and O–H groups in total. The molecule has 0 aromatic heterocycles. The fourth-order valence-electron chi connectivity index (χ4n) is 5.95. The van der Waals surface area contributed by atoms with Crippen molar-refractivity contribution < 1.29 is 49.0 Å². The van der Waals surface area contributed by atoms with Gasteiger partial charge in [-0.25, -0.2) is 0 Å². The minimum atomic E-state index is 0. The van der Waals surface area contributed by atoms with Crippen LogP contribution < -0.4 is 24.8 Å². The Labute approximate surface area is 266 Å². The average Bonchev–Trinajstić information content (AvgIpc) is 3.61. The van der Waals surface area contributed by atoms with Crippen LogP contribution in [0.2, 0.25) is 0 Å². The molecule has 6 rings (SSSR count). The van der Waals surface area contributed by atoms with E-state index < -0.39 is 0 Å². The first kappa shape index (κ1) is 32.1. The summed E-state index contributed by atoms with van der Waals surface area (Å²) in [5, 5.41) is 5.77. The predicted molar refractivity (Wildman–Crippen MR) is 163 cm³/mol. The topological polar surface area (TPSA) is 0 Å². The second-order valence-corrected chi connectivity index (χ2v) is 11.3. The molecular weight excluding hydrogens is 607 g/mol. The fourth-order valence-corrected chi connectivity index (χ4v) is 6.77. The van der Waals surface area contributed by atoms with E-state index in [9.17, 15) is 0 Å². The zero-order valence-corrected chi connectivity index (χ0v) is 27.7. The second kappa shape index (κ2) is 14.5. The van der Waals surface area contributed by atoms with Crippen molar-refractivity contribution in [2.75, 3.05) is 0 Å². The molecule has 0 amide bonds. The molecule has 3 heteroatoms. The summed E-state index contributed by atoms with van der Waals surface area (Å²) in [5.74, 6) is 0. The van der Waals surface area contributed by atoms with Crippen molar-refractivity contribution >= 4 is 30.3 Å². The summed E-state index contributed by atoms with van der Waals surface area (Å²) in [6, 6.07) is 30.4. The monoisotopic (exact) mass is 639 g/mol. The van der Waals surface area contributed by atoms with E-state index in [0.717, 1.165) is 19.3 Å². The second-order valence-electron chi connectivity index (χ2n) is 10.1. The van der Waals surface area contributed by atoms with Crippen molar-refractivity contribution in [1.29, 1.82) is 0 Å². The third kappa shape index (κ3) is 6.39. The summed E-state index contributed by atoms with van der Waals surface area (Å²) in [5.41, 5.74) is 11.6. The Hall–Kier alpha value is -2.44. The van der Waals surface area contributed by atoms with Gasteiger partial charge in [0.2, 0.25) is 0 Å². The van der Waals surface area contributed by atoms with Crippen LogP contribution in [-0.4, -0.2) is 3.21 Å². The zero-order valence-electron chi connectivity index (χ0n) is 23.7. The van der Waals surface area contributed by atoms with E-state index in [-0.39, 0.29) is 24.8 Å². The van der Waals surface area contributed by atoms with E-state index >= 15 is 0 Å². The first-order valence-electron chi connectivity index (χ1n) is 13.7. The molecule has 0 bridgehead atoms. The Balaban J connectivity index is 0.000000238. The van der Waals surface area contributed by atoms with Crippen LogP contribution in [0.15, 0.2) is 103 Å². The minimum absolute atomic E-state index is 0. The van der Waals surface area contributed by atoms with E-state index in [4.69, 9.17) is 0 Å². The zero-order chi connectivity index (χ0) is 26.6. The van der Waals surface area contributed by atoms with Gasteiger partial charge in [-0.05, 0) is 33.1 Å². The number of benzene rings is 4. The molecule has 0 heterocycles. The summed E-state index contributed by atoms with van der Waals surface area (Å²) in [6.07, 6.45) is 10.0. The van der Waals surface area contributed by atoms with Crippen LogP contribution in [-0.2, 0) is 37.1 Å². The van der Waals surface area contributed by atoms with Gasteiger partial charge in [0.15, 0.2) is 0 Å². The van der Waals surface area contributed by atoms with Crippen LogP contribution in [0.4, 0.5) is 0 Å². The molecule has 5 aromatic carbocycles. The van der Waals surface area contributed by atoms with Crippen molar-refractivity contribution in [2.45, 2.75) is 47.0 Å². The number of fused-ring (bicyclic) bond motifs is 3. The Kier molecular flexibility index (Phi) is 11.6. The van der Waals surface area contributed by atoms with Crippen LogP contribution >= 0.6 is 0 Å². The Bertz CT molecular complexity index is 1630. The molecule has 0 aliphatic heterocycles. The molecule has 40 heavy (non-hydrogen) atoms. The number of hydrogen-bond acceptors (Lipinski definition) is 0. The number of allylic oxidation sites excluding steroid dienone is 4. The molecule has 0 saturated heterocycles. The first-order valence-corrected chi connectivity index (χ1v) is 15.0. The van der Waals surface area contributed by atoms with Gasteiger partial charge >= 0.3 is 99.2 Å². The fraction of sp³-hybridized carbons (Fsp3) is 0.189. The summed E-state index contributed by atoms with van der Waals surface area (Å²) in [6.45, 7) is 9.11. The normalized spacial score (nSPS) is 11.9. The van der Waals surface area contributed by atoms with Crippen LogP contribution in [0.1, 0.15) is 59.2 Å². The Morgan fingerprint density at radius 3 is 1.93 bits per heavy atom. The van der Waals surface area contributed by atoms with Crippen molar-refractivity contribution in [3.63, 3.8) is 0 Å². The van der Waals surface area contributed by atoms with Gasteiger partial charge in [-0.2, -0.15) is 0 Å². The molecule has 0 fully saturated rings. The number of halogens is 2. The van der Waals surface area contributed by atoms with Crippen LogP contribution in [0.3, 0.4) is 0 Å². The van der Waals surface area contributed by atoms with Gasteiger partial charge in [-0.1, -0.05) is 77.6 Å². The Morgan fingerprint density at radius 1 is 0.800 bits per heavy atom. The van der Waals surface area contributed by atoms with Crippen LogP contribution in [0, 0.1) is 13.8 Å². The molecular formula is C37H35Cl2Zr-. The molecule has 0 unspecified atom stereocenters. The van der Waals surface area contributed by atoms with E-state index in [1.165, 1.54) is 82.4 Å². The van der Waals surface area contributed by atoms with Gasteiger partial charge in [-0.3, -0.25) is 0 Å². The van der Waals surface area contributed by atoms with E-state index in [0.29, 0.717) is 0 Å². The SMILES string of the molecule is CCc1c(C)c(C2=CC=CC2)c2[cH-]c3cc(C)ccc3c2c1CC.[Cl-].[Cl-].[Zr+2]=[C](c1ccccc1)c1ccccc1. The molecule has 0 spiro atoms. The van der Waals surface area contributed by atoms with E-state index in [1.807, 2.05) is 0 Å². The molecule has 202 valence electrons. The van der Waals surface area contributed by atoms with Gasteiger partial charge in [-0.15, -0.1) is 33.7 Å². The number of aryl methyl sites for hydroxylation is 2. The summed E-state index contributed by atoms with van der Waals surface area (Å²) in [7, 11) is 0. The molecule has 1 aliphatic carbocycles. The molecule has 0 atom stereocenters. The maximum absolute atomic E-state index is 2.43. The third-order valence-corrected chi connectivity index (χ3v) is 9.15. The number of hydrogen-bond donors (Lipinski definition) is 0. The summed E-state index contributed by atoms with van der Waals surface area (Å²) < 4.78 is 1.42. The van der Waals surface area contributed by atoms with Gasteiger partial charge < -0.3 is 24.8 Å². The maximum atomic E-state index is 2.43. The van der Waals surface area contributed by atoms with E-state index in [2.05, 4.69) is 131 Å². The van der Waals surface area contributed by atoms with Gasteiger partial charge in [0.25, 0.3) is 0 Å². The van der Waals surface area contributed by atoms with Gasteiger partial charge in [0.05, 0.1) is 0 Å². The standard InChI is InChI=1S/C24H25.C13H10.2ClH.Zr/c1-5-19-16(4)23(17-9-7-8-10-17)22-14-18-13-15(3)11-12-21(18)24(22)20(19)6-2;1-3-7-12(8-4-1)11-13-9-5-2-6-10-13;;;/h7-9,11-14H,5-6,10H2,1-4H3;1-10H;2*1H;/q-1;;;;+2/p-2.